The molecule has 3 rings (SSSR count). The molecule has 1 aromatic rings. The zero-order valence-corrected chi connectivity index (χ0v) is 13.8. The fraction of sp³-hybridized carbons (Fsp3) is 0.364. The minimum absolute atomic E-state index is 0. The quantitative estimate of drug-likeness (QED) is 0.809. The van der Waals surface area contributed by atoms with E-state index in [0.717, 1.165) is 5.69 Å². The number of rotatable bonds is 1. The van der Waals surface area contributed by atoms with E-state index in [2.05, 4.69) is 0 Å². The van der Waals surface area contributed by atoms with Gasteiger partial charge in [-0.25, -0.2) is 8.42 Å². The van der Waals surface area contributed by atoms with Crippen molar-refractivity contribution in [2.24, 2.45) is 0 Å². The maximum Gasteiger partial charge on any atom is 0.161 e. The van der Waals surface area contributed by atoms with E-state index in [1.807, 2.05) is 18.2 Å². The molecule has 19 heavy (non-hydrogen) atoms. The van der Waals surface area contributed by atoms with Gasteiger partial charge in [-0.2, -0.15) is 0 Å². The third kappa shape index (κ3) is 2.66. The molecule has 0 bridgehead atoms. The van der Waals surface area contributed by atoms with E-state index in [1.54, 1.807) is 11.0 Å². The maximum atomic E-state index is 11.7. The Kier molecular flexibility index (Phi) is 4.21. The zero-order chi connectivity index (χ0) is 12.9. The zero-order valence-electron chi connectivity index (χ0n) is 9.74. The molecule has 4 nitrogen and oxygen atoms in total. The van der Waals surface area contributed by atoms with Crippen LogP contribution in [0.4, 0.5) is 5.69 Å². The molecular formula is C11H12BrClN2O2S2. The number of thioether (sulfide) groups is 1. The number of nitrogens with one attached hydrogen (secondary N) is 1. The van der Waals surface area contributed by atoms with Crippen molar-refractivity contribution >= 4 is 61.0 Å². The Labute approximate surface area is 131 Å². The summed E-state index contributed by atoms with van der Waals surface area (Å²) in [4.78, 5) is 1.75. The molecule has 2 aliphatic rings. The fourth-order valence-electron chi connectivity index (χ4n) is 2.44. The van der Waals surface area contributed by atoms with E-state index >= 15 is 0 Å². The summed E-state index contributed by atoms with van der Waals surface area (Å²) >= 11 is 7.46. The van der Waals surface area contributed by atoms with Crippen LogP contribution < -0.4 is 4.90 Å². The van der Waals surface area contributed by atoms with Crippen LogP contribution >= 0.6 is 40.3 Å². The number of amidine groups is 1. The van der Waals surface area contributed by atoms with E-state index < -0.39 is 9.84 Å². The van der Waals surface area contributed by atoms with E-state index in [0.29, 0.717) is 10.2 Å². The highest BCUT2D eigenvalue weighted by Gasteiger charge is 2.48. The van der Waals surface area contributed by atoms with E-state index in [4.69, 9.17) is 17.0 Å². The molecule has 0 aliphatic carbocycles. The minimum Gasteiger partial charge on any atom is -0.315 e. The lowest BCUT2D eigenvalue weighted by Gasteiger charge is -2.24. The van der Waals surface area contributed by atoms with Gasteiger partial charge in [-0.3, -0.25) is 5.41 Å². The highest BCUT2D eigenvalue weighted by Crippen LogP contribution is 2.42. The molecule has 2 saturated heterocycles. The Morgan fingerprint density at radius 3 is 2.68 bits per heavy atom. The summed E-state index contributed by atoms with van der Waals surface area (Å²) < 4.78 is 23.3. The van der Waals surface area contributed by atoms with Crippen molar-refractivity contribution in [3.63, 3.8) is 0 Å². The van der Waals surface area contributed by atoms with Crippen LogP contribution in [-0.4, -0.2) is 36.4 Å². The standard InChI is InChI=1S/C11H11ClN2O2S2.BrH/c12-7-3-1-2-4-8(7)14-9-5-18(15,16)6-10(9)17-11(14)13;/h1-4,9-10,13H,5-6H2;1H. The molecular weight excluding hydrogens is 372 g/mol. The van der Waals surface area contributed by atoms with Crippen LogP contribution in [0.2, 0.25) is 5.02 Å². The number of anilines is 1. The second kappa shape index (κ2) is 5.27. The smallest absolute Gasteiger partial charge is 0.161 e. The molecule has 2 fully saturated rings. The molecule has 0 amide bonds. The predicted molar refractivity (Wildman–Crippen MR) is 85.8 cm³/mol. The van der Waals surface area contributed by atoms with E-state index in [9.17, 15) is 8.42 Å². The molecule has 0 radical (unpaired) electrons. The van der Waals surface area contributed by atoms with Gasteiger partial charge in [0.25, 0.3) is 0 Å². The lowest BCUT2D eigenvalue weighted by atomic mass is 10.2. The topological polar surface area (TPSA) is 61.2 Å². The number of hydrogen-bond acceptors (Lipinski definition) is 4. The molecule has 2 unspecified atom stereocenters. The van der Waals surface area contributed by atoms with Gasteiger partial charge in [0.15, 0.2) is 15.0 Å². The van der Waals surface area contributed by atoms with Crippen LogP contribution in [-0.2, 0) is 9.84 Å². The molecule has 0 saturated carbocycles. The average Bonchev–Trinajstić information content (AvgIpc) is 2.70. The number of benzene rings is 1. The summed E-state index contributed by atoms with van der Waals surface area (Å²) in [5.41, 5.74) is 0.723. The van der Waals surface area contributed by atoms with Crippen molar-refractivity contribution in [3.8, 4) is 0 Å². The molecule has 8 heteroatoms. The molecule has 2 aliphatic heterocycles. The lowest BCUT2D eigenvalue weighted by molar-refractivity contribution is 0.601. The predicted octanol–water partition coefficient (Wildman–Crippen LogP) is 2.57. The average molecular weight is 384 g/mol. The molecule has 104 valence electrons. The first kappa shape index (κ1) is 15.2. The SMILES string of the molecule is Br.N=C1SC2CS(=O)(=O)CC2N1c1ccccc1Cl. The van der Waals surface area contributed by atoms with E-state index in [-0.39, 0.29) is 39.8 Å². The summed E-state index contributed by atoms with van der Waals surface area (Å²) in [7, 11) is -2.98. The summed E-state index contributed by atoms with van der Waals surface area (Å²) in [6, 6.07) is 7.08. The van der Waals surface area contributed by atoms with Crippen molar-refractivity contribution in [2.45, 2.75) is 11.3 Å². The second-order valence-electron chi connectivity index (χ2n) is 4.43. The van der Waals surface area contributed by atoms with Crippen LogP contribution in [0.15, 0.2) is 24.3 Å². The number of nitrogens with zero attached hydrogens (tertiary/aromatic N) is 1. The third-order valence-electron chi connectivity index (χ3n) is 3.20. The summed E-state index contributed by atoms with van der Waals surface area (Å²) in [6.07, 6.45) is 0. The summed E-state index contributed by atoms with van der Waals surface area (Å²) in [6.45, 7) is 0. The normalized spacial score (nSPS) is 28.1. The van der Waals surface area contributed by atoms with Crippen LogP contribution in [0.1, 0.15) is 0 Å². The molecule has 0 aromatic heterocycles. The number of fused-ring (bicyclic) bond motifs is 1. The van der Waals surface area contributed by atoms with E-state index in [1.165, 1.54) is 11.8 Å². The monoisotopic (exact) mass is 382 g/mol. The summed E-state index contributed by atoms with van der Waals surface area (Å²) in [5, 5.41) is 8.89. The molecule has 1 aromatic carbocycles. The minimum atomic E-state index is -2.98. The highest BCUT2D eigenvalue weighted by atomic mass is 79.9. The van der Waals surface area contributed by atoms with Crippen molar-refractivity contribution in [1.29, 1.82) is 5.41 Å². The first-order valence-electron chi connectivity index (χ1n) is 5.47. The molecule has 2 atom stereocenters. The van der Waals surface area contributed by atoms with Gasteiger partial charge in [0, 0.05) is 5.25 Å². The molecule has 0 spiro atoms. The Morgan fingerprint density at radius 1 is 1.32 bits per heavy atom. The Hall–Kier alpha value is -0.240. The van der Waals surface area contributed by atoms with Crippen molar-refractivity contribution in [3.05, 3.63) is 29.3 Å². The largest absolute Gasteiger partial charge is 0.315 e. The van der Waals surface area contributed by atoms with Gasteiger partial charge in [0.1, 0.15) is 0 Å². The van der Waals surface area contributed by atoms with Gasteiger partial charge in [-0.15, -0.1) is 17.0 Å². The number of sulfone groups is 1. The Balaban J connectivity index is 0.00000133. The van der Waals surface area contributed by atoms with Crippen molar-refractivity contribution in [2.75, 3.05) is 16.4 Å². The lowest BCUT2D eigenvalue weighted by Crippen LogP contribution is -2.37. The van der Waals surface area contributed by atoms with Crippen LogP contribution in [0.3, 0.4) is 0 Å². The second-order valence-corrected chi connectivity index (χ2v) is 8.22. The van der Waals surface area contributed by atoms with Gasteiger partial charge in [-0.05, 0) is 12.1 Å². The van der Waals surface area contributed by atoms with Gasteiger partial charge < -0.3 is 4.90 Å². The number of hydrogen-bond donors (Lipinski definition) is 1. The first-order chi connectivity index (χ1) is 8.48. The summed E-state index contributed by atoms with van der Waals surface area (Å²) in [5.74, 6) is 0.268. The van der Waals surface area contributed by atoms with Gasteiger partial charge in [-0.1, -0.05) is 35.5 Å². The van der Waals surface area contributed by atoms with Crippen LogP contribution in [0.25, 0.3) is 0 Å². The molecule has 2 heterocycles. The Morgan fingerprint density at radius 2 is 2.00 bits per heavy atom. The van der Waals surface area contributed by atoms with Crippen LogP contribution in [0, 0.1) is 5.41 Å². The van der Waals surface area contributed by atoms with Crippen LogP contribution in [0.5, 0.6) is 0 Å². The Bertz CT molecular complexity index is 623. The first-order valence-corrected chi connectivity index (χ1v) is 8.55. The fourth-order valence-corrected chi connectivity index (χ4v) is 6.45. The molecule has 1 N–H and O–H groups in total. The highest BCUT2D eigenvalue weighted by molar-refractivity contribution is 8.93. The third-order valence-corrected chi connectivity index (χ3v) is 6.65. The maximum absolute atomic E-state index is 11.7. The van der Waals surface area contributed by atoms with Gasteiger partial charge >= 0.3 is 0 Å². The van der Waals surface area contributed by atoms with Crippen molar-refractivity contribution < 1.29 is 8.42 Å². The van der Waals surface area contributed by atoms with Gasteiger partial charge in [0.2, 0.25) is 0 Å². The van der Waals surface area contributed by atoms with Crippen molar-refractivity contribution in [1.82, 2.24) is 0 Å². The van der Waals surface area contributed by atoms with Gasteiger partial charge in [0.05, 0.1) is 28.3 Å². The number of halogens is 2. The number of para-hydroxylation sites is 1.